The first kappa shape index (κ1) is 5.76. The van der Waals surface area contributed by atoms with Crippen molar-refractivity contribution in [2.24, 2.45) is 11.8 Å². The average Bonchev–Trinajstić information content (AvgIpc) is 1.86. The lowest BCUT2D eigenvalue weighted by Gasteiger charge is -2.46. The van der Waals surface area contributed by atoms with E-state index in [0.29, 0.717) is 0 Å². The first-order valence-corrected chi connectivity index (χ1v) is 4.22. The van der Waals surface area contributed by atoms with Crippen molar-refractivity contribution in [2.75, 3.05) is 0 Å². The lowest BCUT2D eigenvalue weighted by atomic mass is 9.59. The summed E-state index contributed by atoms with van der Waals surface area (Å²) in [6.07, 6.45) is 7.42. The largest absolute Gasteiger partial charge is 0.0622 e. The van der Waals surface area contributed by atoms with Crippen LogP contribution < -0.4 is 0 Å². The fourth-order valence-corrected chi connectivity index (χ4v) is 2.44. The Hall–Kier alpha value is 0. The lowest BCUT2D eigenvalue weighted by molar-refractivity contribution is 0.177. The highest BCUT2D eigenvalue weighted by Crippen LogP contribution is 2.50. The molecule has 0 nitrogen and oxygen atoms in total. The van der Waals surface area contributed by atoms with Crippen LogP contribution in [0.4, 0.5) is 0 Å². The van der Waals surface area contributed by atoms with E-state index >= 15 is 0 Å². The van der Waals surface area contributed by atoms with Crippen molar-refractivity contribution in [3.05, 3.63) is 5.92 Å². The van der Waals surface area contributed by atoms with E-state index in [0.717, 1.165) is 11.8 Å². The second kappa shape index (κ2) is 2.00. The van der Waals surface area contributed by atoms with Crippen LogP contribution in [-0.4, -0.2) is 0 Å². The monoisotopic (exact) mass is 123 g/mol. The minimum Gasteiger partial charge on any atom is -0.0622 e. The summed E-state index contributed by atoms with van der Waals surface area (Å²) < 4.78 is 0. The number of fused-ring (bicyclic) bond motifs is 1. The highest BCUT2D eigenvalue weighted by molar-refractivity contribution is 5.10. The predicted octanol–water partition coefficient (Wildman–Crippen LogP) is 2.79. The van der Waals surface area contributed by atoms with Gasteiger partial charge in [0.05, 0.1) is 0 Å². The predicted molar refractivity (Wildman–Crippen MR) is 39.0 cm³/mol. The fourth-order valence-electron chi connectivity index (χ4n) is 2.44. The molecule has 2 aliphatic carbocycles. The zero-order valence-electron chi connectivity index (χ0n) is 6.19. The van der Waals surface area contributed by atoms with Gasteiger partial charge >= 0.3 is 0 Å². The summed E-state index contributed by atoms with van der Waals surface area (Å²) >= 11 is 0. The van der Waals surface area contributed by atoms with E-state index in [2.05, 4.69) is 6.92 Å². The van der Waals surface area contributed by atoms with Gasteiger partial charge in [0.15, 0.2) is 0 Å². The number of rotatable bonds is 0. The molecule has 0 aromatic heterocycles. The van der Waals surface area contributed by atoms with Gasteiger partial charge in [-0.2, -0.15) is 0 Å². The van der Waals surface area contributed by atoms with Crippen molar-refractivity contribution in [2.45, 2.75) is 39.0 Å². The molecule has 2 aliphatic rings. The van der Waals surface area contributed by atoms with Crippen LogP contribution in [0.3, 0.4) is 0 Å². The summed E-state index contributed by atoms with van der Waals surface area (Å²) in [6.45, 7) is 2.40. The molecule has 0 heteroatoms. The third-order valence-electron chi connectivity index (χ3n) is 3.06. The van der Waals surface area contributed by atoms with Crippen LogP contribution >= 0.6 is 0 Å². The van der Waals surface area contributed by atoms with E-state index in [1.54, 1.807) is 0 Å². The van der Waals surface area contributed by atoms with Crippen LogP contribution in [-0.2, 0) is 0 Å². The minimum absolute atomic E-state index is 1.04. The molecule has 0 spiro atoms. The Labute approximate surface area is 57.6 Å². The summed E-state index contributed by atoms with van der Waals surface area (Å²) in [5.41, 5.74) is 0. The van der Waals surface area contributed by atoms with E-state index in [4.69, 9.17) is 0 Å². The van der Waals surface area contributed by atoms with Crippen molar-refractivity contribution in [1.29, 1.82) is 0 Å². The minimum atomic E-state index is 1.04. The zero-order chi connectivity index (χ0) is 6.27. The molecule has 2 saturated carbocycles. The molecular formula is C9H15. The number of hydrogen-bond donors (Lipinski definition) is 0. The highest BCUT2D eigenvalue weighted by Gasteiger charge is 2.39. The first-order chi connectivity index (χ1) is 4.38. The molecule has 0 heterocycles. The Kier molecular flexibility index (Phi) is 1.28. The molecule has 0 aliphatic heterocycles. The molecule has 2 fully saturated rings. The topological polar surface area (TPSA) is 0 Å². The van der Waals surface area contributed by atoms with Crippen molar-refractivity contribution in [3.63, 3.8) is 0 Å². The normalized spacial score (nSPS) is 43.7. The summed E-state index contributed by atoms with van der Waals surface area (Å²) in [5.74, 6) is 4.01. The van der Waals surface area contributed by atoms with Crippen LogP contribution in [0.25, 0.3) is 0 Å². The first-order valence-electron chi connectivity index (χ1n) is 4.22. The molecule has 0 aromatic rings. The molecule has 0 amide bonds. The zero-order valence-corrected chi connectivity index (χ0v) is 6.19. The van der Waals surface area contributed by atoms with E-state index in [1.165, 1.54) is 32.1 Å². The maximum absolute atomic E-state index is 2.40. The molecule has 2 unspecified atom stereocenters. The van der Waals surface area contributed by atoms with E-state index in [1.807, 2.05) is 5.92 Å². The van der Waals surface area contributed by atoms with Gasteiger partial charge in [0, 0.05) is 0 Å². The lowest BCUT2D eigenvalue weighted by Crippen LogP contribution is -2.35. The number of hydrogen-bond acceptors (Lipinski definition) is 0. The quantitative estimate of drug-likeness (QED) is 0.464. The van der Waals surface area contributed by atoms with Gasteiger partial charge in [-0.3, -0.25) is 0 Å². The van der Waals surface area contributed by atoms with Gasteiger partial charge in [-0.25, -0.2) is 0 Å². The van der Waals surface area contributed by atoms with Crippen molar-refractivity contribution in [3.8, 4) is 0 Å². The third kappa shape index (κ3) is 0.798. The molecular weight excluding hydrogens is 108 g/mol. The van der Waals surface area contributed by atoms with Crippen molar-refractivity contribution < 1.29 is 0 Å². The average molecular weight is 123 g/mol. The summed E-state index contributed by atoms with van der Waals surface area (Å²) in [7, 11) is 0. The van der Waals surface area contributed by atoms with Gasteiger partial charge < -0.3 is 0 Å². The van der Waals surface area contributed by atoms with Crippen molar-refractivity contribution >= 4 is 0 Å². The molecule has 2 rings (SSSR count). The van der Waals surface area contributed by atoms with Gasteiger partial charge in [-0.05, 0) is 37.0 Å². The molecule has 2 atom stereocenters. The van der Waals surface area contributed by atoms with Gasteiger partial charge in [0.1, 0.15) is 0 Å². The fraction of sp³-hybridized carbons (Fsp3) is 0.889. The Morgan fingerprint density at radius 2 is 2.22 bits per heavy atom. The van der Waals surface area contributed by atoms with Gasteiger partial charge in [0.2, 0.25) is 0 Å². The Bertz CT molecular complexity index is 105. The Balaban J connectivity index is 1.94. The van der Waals surface area contributed by atoms with Crippen LogP contribution in [0.1, 0.15) is 39.0 Å². The Morgan fingerprint density at radius 1 is 1.33 bits per heavy atom. The third-order valence-corrected chi connectivity index (χ3v) is 3.06. The standard InChI is InChI=1S/C9H15/c1-7-6-8-4-2-3-5-9(7)8/h7,9H,2-6H2,1H3. The van der Waals surface area contributed by atoms with Gasteiger partial charge in [-0.15, -0.1) is 0 Å². The second-order valence-electron chi connectivity index (χ2n) is 3.69. The van der Waals surface area contributed by atoms with Gasteiger partial charge in [-0.1, -0.05) is 19.8 Å². The van der Waals surface area contributed by atoms with Gasteiger partial charge in [0.25, 0.3) is 0 Å². The van der Waals surface area contributed by atoms with E-state index in [-0.39, 0.29) is 0 Å². The van der Waals surface area contributed by atoms with Crippen LogP contribution in [0.15, 0.2) is 0 Å². The van der Waals surface area contributed by atoms with E-state index < -0.39 is 0 Å². The molecule has 0 aromatic carbocycles. The van der Waals surface area contributed by atoms with E-state index in [9.17, 15) is 0 Å². The highest BCUT2D eigenvalue weighted by atomic mass is 14.4. The molecule has 1 radical (unpaired) electrons. The SMILES string of the molecule is CC1C[C]2CCCCC21. The maximum Gasteiger partial charge on any atom is -0.0205 e. The molecule has 9 heavy (non-hydrogen) atoms. The summed E-state index contributed by atoms with van der Waals surface area (Å²) in [6, 6.07) is 0. The van der Waals surface area contributed by atoms with Crippen LogP contribution in [0, 0.1) is 17.8 Å². The Morgan fingerprint density at radius 3 is 2.78 bits per heavy atom. The summed E-state index contributed by atoms with van der Waals surface area (Å²) in [5, 5.41) is 0. The van der Waals surface area contributed by atoms with Crippen molar-refractivity contribution in [1.82, 2.24) is 0 Å². The maximum atomic E-state index is 2.40. The molecule has 0 bridgehead atoms. The van der Waals surface area contributed by atoms with Crippen LogP contribution in [0.2, 0.25) is 0 Å². The molecule has 0 saturated heterocycles. The second-order valence-corrected chi connectivity index (χ2v) is 3.69. The smallest absolute Gasteiger partial charge is 0.0205 e. The van der Waals surface area contributed by atoms with Crippen LogP contribution in [0.5, 0.6) is 0 Å². The molecule has 0 N–H and O–H groups in total. The summed E-state index contributed by atoms with van der Waals surface area (Å²) in [4.78, 5) is 0. The molecule has 51 valence electrons.